The number of carbonyl (C=O) groups is 1. The molecule has 3 rings (SSSR count). The van der Waals surface area contributed by atoms with Gasteiger partial charge in [0, 0.05) is 18.6 Å². The van der Waals surface area contributed by atoms with Crippen LogP contribution in [0.3, 0.4) is 0 Å². The largest absolute Gasteiger partial charge is 0.493 e. The maximum Gasteiger partial charge on any atom is 0.224 e. The van der Waals surface area contributed by atoms with Gasteiger partial charge in [-0.15, -0.1) is 0 Å². The molecule has 0 aromatic heterocycles. The van der Waals surface area contributed by atoms with E-state index in [9.17, 15) is 4.79 Å². The molecule has 1 aromatic rings. The Hall–Kier alpha value is -1.95. The Balaban J connectivity index is 1.66. The van der Waals surface area contributed by atoms with E-state index in [1.54, 1.807) is 21.3 Å². The van der Waals surface area contributed by atoms with Crippen molar-refractivity contribution >= 4 is 5.91 Å². The number of fused-ring (bicyclic) bond motifs is 1. The Morgan fingerprint density at radius 1 is 1.22 bits per heavy atom. The van der Waals surface area contributed by atoms with Crippen LogP contribution in [0, 0.1) is 5.92 Å². The Labute approximate surface area is 136 Å². The van der Waals surface area contributed by atoms with Crippen LogP contribution < -0.4 is 19.5 Å². The average molecular weight is 321 g/mol. The van der Waals surface area contributed by atoms with E-state index in [-0.39, 0.29) is 18.4 Å². The first-order valence-corrected chi connectivity index (χ1v) is 7.86. The van der Waals surface area contributed by atoms with Crippen LogP contribution >= 0.6 is 0 Å². The lowest BCUT2D eigenvalue weighted by molar-refractivity contribution is -0.123. The van der Waals surface area contributed by atoms with Crippen LogP contribution in [-0.4, -0.2) is 46.0 Å². The number of ether oxygens (including phenoxy) is 4. The minimum Gasteiger partial charge on any atom is -0.493 e. The summed E-state index contributed by atoms with van der Waals surface area (Å²) in [4.78, 5) is 12.3. The van der Waals surface area contributed by atoms with E-state index in [1.807, 2.05) is 12.1 Å². The highest BCUT2D eigenvalue weighted by Crippen LogP contribution is 2.39. The van der Waals surface area contributed by atoms with E-state index in [0.717, 1.165) is 25.0 Å². The summed E-state index contributed by atoms with van der Waals surface area (Å²) in [5, 5.41) is 3.11. The van der Waals surface area contributed by atoms with Crippen LogP contribution in [-0.2, 0) is 16.0 Å². The predicted molar refractivity (Wildman–Crippen MR) is 84.2 cm³/mol. The Bertz CT molecular complexity index is 563. The van der Waals surface area contributed by atoms with Crippen molar-refractivity contribution in [2.75, 3.05) is 27.9 Å². The molecule has 2 aliphatic rings. The molecule has 2 fully saturated rings. The van der Waals surface area contributed by atoms with E-state index in [2.05, 4.69) is 5.32 Å². The Kier molecular flexibility index (Phi) is 4.61. The van der Waals surface area contributed by atoms with E-state index in [0.29, 0.717) is 29.3 Å². The minimum atomic E-state index is 0.00891. The quantitative estimate of drug-likeness (QED) is 0.861. The fourth-order valence-electron chi connectivity index (χ4n) is 3.44. The van der Waals surface area contributed by atoms with E-state index < -0.39 is 0 Å². The molecule has 0 spiro atoms. The standard InChI is InChI=1S/C17H23NO5/c1-20-14-6-10(7-15(21-2)17(14)22-3)8-16(19)18-12-9-13-11(12)4-5-23-13/h6-7,11-13H,4-5,8-9H2,1-3H3,(H,18,19)/t11-,12+,13+/m1/s1. The average Bonchev–Trinajstić information content (AvgIpc) is 2.92. The minimum absolute atomic E-state index is 0.00891. The molecule has 1 aromatic carbocycles. The van der Waals surface area contributed by atoms with Gasteiger partial charge in [-0.25, -0.2) is 0 Å². The van der Waals surface area contributed by atoms with Crippen LogP contribution in [0.25, 0.3) is 0 Å². The van der Waals surface area contributed by atoms with Gasteiger partial charge in [0.1, 0.15) is 0 Å². The first kappa shape index (κ1) is 15.9. The number of rotatable bonds is 6. The molecule has 126 valence electrons. The predicted octanol–water partition coefficient (Wildman–Crippen LogP) is 1.55. The summed E-state index contributed by atoms with van der Waals surface area (Å²) in [6, 6.07) is 3.86. The van der Waals surface area contributed by atoms with Gasteiger partial charge in [-0.2, -0.15) is 0 Å². The van der Waals surface area contributed by atoms with Gasteiger partial charge in [-0.05, 0) is 30.5 Å². The zero-order chi connectivity index (χ0) is 16.4. The van der Waals surface area contributed by atoms with Gasteiger partial charge in [0.25, 0.3) is 0 Å². The second-order valence-corrected chi connectivity index (χ2v) is 5.98. The maximum absolute atomic E-state index is 12.3. The zero-order valence-corrected chi connectivity index (χ0v) is 13.8. The molecule has 1 saturated carbocycles. The molecule has 23 heavy (non-hydrogen) atoms. The first-order valence-electron chi connectivity index (χ1n) is 7.86. The van der Waals surface area contributed by atoms with Crippen molar-refractivity contribution in [3.05, 3.63) is 17.7 Å². The van der Waals surface area contributed by atoms with Crippen molar-refractivity contribution in [1.82, 2.24) is 5.32 Å². The van der Waals surface area contributed by atoms with Gasteiger partial charge in [0.2, 0.25) is 11.7 Å². The van der Waals surface area contributed by atoms with Gasteiger partial charge < -0.3 is 24.3 Å². The lowest BCUT2D eigenvalue weighted by atomic mass is 9.76. The van der Waals surface area contributed by atoms with Crippen LogP contribution in [0.5, 0.6) is 17.2 Å². The summed E-state index contributed by atoms with van der Waals surface area (Å²) in [6.07, 6.45) is 2.60. The number of benzene rings is 1. The molecule has 1 N–H and O–H groups in total. The van der Waals surface area contributed by atoms with Gasteiger partial charge in [-0.1, -0.05) is 0 Å². The summed E-state index contributed by atoms with van der Waals surface area (Å²) in [7, 11) is 4.69. The molecule has 1 amide bonds. The zero-order valence-electron chi connectivity index (χ0n) is 13.8. The molecular formula is C17H23NO5. The van der Waals surface area contributed by atoms with E-state index in [4.69, 9.17) is 18.9 Å². The van der Waals surface area contributed by atoms with Gasteiger partial charge in [0.15, 0.2) is 11.5 Å². The molecule has 3 atom stereocenters. The van der Waals surface area contributed by atoms with Gasteiger partial charge >= 0.3 is 0 Å². The number of nitrogens with one attached hydrogen (secondary N) is 1. The van der Waals surface area contributed by atoms with Crippen LogP contribution in [0.4, 0.5) is 0 Å². The second-order valence-electron chi connectivity index (χ2n) is 5.98. The molecule has 6 heteroatoms. The molecule has 6 nitrogen and oxygen atoms in total. The summed E-state index contributed by atoms with van der Waals surface area (Å²) in [5.74, 6) is 2.14. The van der Waals surface area contributed by atoms with Crippen molar-refractivity contribution in [2.45, 2.75) is 31.4 Å². The molecular weight excluding hydrogens is 298 g/mol. The first-order chi connectivity index (χ1) is 11.2. The maximum atomic E-state index is 12.3. The van der Waals surface area contributed by atoms with E-state index >= 15 is 0 Å². The van der Waals surface area contributed by atoms with Crippen LogP contribution in [0.2, 0.25) is 0 Å². The number of carbonyl (C=O) groups excluding carboxylic acids is 1. The van der Waals surface area contributed by atoms with Crippen LogP contribution in [0.15, 0.2) is 12.1 Å². The van der Waals surface area contributed by atoms with Crippen LogP contribution in [0.1, 0.15) is 18.4 Å². The normalized spacial score (nSPS) is 25.3. The van der Waals surface area contributed by atoms with E-state index in [1.165, 1.54) is 0 Å². The smallest absolute Gasteiger partial charge is 0.224 e. The number of methoxy groups -OCH3 is 3. The highest BCUT2D eigenvalue weighted by Gasteiger charge is 2.45. The topological polar surface area (TPSA) is 66.0 Å². The van der Waals surface area contributed by atoms with Crippen molar-refractivity contribution in [1.29, 1.82) is 0 Å². The fourth-order valence-corrected chi connectivity index (χ4v) is 3.44. The van der Waals surface area contributed by atoms with Crippen molar-refractivity contribution in [3.8, 4) is 17.2 Å². The van der Waals surface area contributed by atoms with Crippen molar-refractivity contribution < 1.29 is 23.7 Å². The Morgan fingerprint density at radius 2 is 1.91 bits per heavy atom. The third-order valence-corrected chi connectivity index (χ3v) is 4.70. The third kappa shape index (κ3) is 3.08. The molecule has 0 radical (unpaired) electrons. The molecule has 1 heterocycles. The number of hydrogen-bond donors (Lipinski definition) is 1. The lowest BCUT2D eigenvalue weighted by Gasteiger charge is -2.39. The summed E-state index contributed by atoms with van der Waals surface area (Å²) in [6.45, 7) is 0.814. The SMILES string of the molecule is COc1cc(CC(=O)N[C@H]2C[C@@H]3OCC[C@H]23)cc(OC)c1OC. The fraction of sp³-hybridized carbons (Fsp3) is 0.588. The third-order valence-electron chi connectivity index (χ3n) is 4.70. The Morgan fingerprint density at radius 3 is 2.48 bits per heavy atom. The second kappa shape index (κ2) is 6.66. The molecule has 0 bridgehead atoms. The molecule has 1 aliphatic carbocycles. The van der Waals surface area contributed by atoms with Gasteiger partial charge in [0.05, 0.1) is 33.9 Å². The number of hydrogen-bond acceptors (Lipinski definition) is 5. The monoisotopic (exact) mass is 321 g/mol. The molecule has 1 aliphatic heterocycles. The summed E-state index contributed by atoms with van der Waals surface area (Å²) >= 11 is 0. The van der Waals surface area contributed by atoms with Gasteiger partial charge in [-0.3, -0.25) is 4.79 Å². The van der Waals surface area contributed by atoms with Crippen molar-refractivity contribution in [3.63, 3.8) is 0 Å². The summed E-state index contributed by atoms with van der Waals surface area (Å²) in [5.41, 5.74) is 0.829. The highest BCUT2D eigenvalue weighted by atomic mass is 16.5. The molecule has 1 saturated heterocycles. The highest BCUT2D eigenvalue weighted by molar-refractivity contribution is 5.79. The summed E-state index contributed by atoms with van der Waals surface area (Å²) < 4.78 is 21.5. The van der Waals surface area contributed by atoms with Crippen molar-refractivity contribution in [2.24, 2.45) is 5.92 Å². The lowest BCUT2D eigenvalue weighted by Crippen LogP contribution is -2.53. The molecule has 0 unspecified atom stereocenters. The number of amides is 1.